The van der Waals surface area contributed by atoms with Crippen molar-refractivity contribution in [3.8, 4) is 0 Å². The van der Waals surface area contributed by atoms with Crippen LogP contribution in [0.15, 0.2) is 34.6 Å². The lowest BCUT2D eigenvalue weighted by Crippen LogP contribution is -1.79. The first-order valence-electron chi connectivity index (χ1n) is 4.02. The molecule has 0 N–H and O–H groups in total. The molecule has 0 aliphatic rings. The average molecular weight is 176 g/mol. The minimum Gasteiger partial charge on any atom is -0.129 e. The topological polar surface area (TPSA) is 0 Å². The molecule has 0 bridgehead atoms. The van der Waals surface area contributed by atoms with Crippen LogP contribution < -0.4 is 0 Å². The van der Waals surface area contributed by atoms with E-state index in [1.165, 1.54) is 15.9 Å². The quantitative estimate of drug-likeness (QED) is 0.492. The van der Waals surface area contributed by atoms with Crippen molar-refractivity contribution in [3.63, 3.8) is 0 Å². The second-order valence-corrected chi connectivity index (χ2v) is 3.81. The molecule has 0 fully saturated rings. The third kappa shape index (κ3) is 2.45. The molecule has 0 saturated carbocycles. The third-order valence-corrected chi connectivity index (χ3v) is 2.39. The molecule has 1 aromatic carbocycles. The first-order chi connectivity index (χ1) is 5.74. The van der Waals surface area contributed by atoms with E-state index in [9.17, 15) is 0 Å². The van der Waals surface area contributed by atoms with Crippen molar-refractivity contribution in [2.75, 3.05) is 6.26 Å². The number of rotatable bonds is 2. The van der Waals surface area contributed by atoms with Crippen LogP contribution >= 0.6 is 11.8 Å². The zero-order valence-corrected chi connectivity index (χ0v) is 8.61. The van der Waals surface area contributed by atoms with E-state index in [0.29, 0.717) is 0 Å². The van der Waals surface area contributed by atoms with E-state index < -0.39 is 0 Å². The fraction of sp³-hybridized carbons (Fsp3) is 0.200. The van der Waals surface area contributed by atoms with Crippen LogP contribution in [0.2, 0.25) is 0 Å². The van der Waals surface area contributed by atoms with Crippen LogP contribution in [-0.4, -0.2) is 14.1 Å². The van der Waals surface area contributed by atoms with Gasteiger partial charge in [0.1, 0.15) is 7.85 Å². The lowest BCUT2D eigenvalue weighted by molar-refractivity contribution is 1.42. The Hall–Kier alpha value is -0.625. The molecule has 0 saturated heterocycles. The Morgan fingerprint density at radius 3 is 2.67 bits per heavy atom. The largest absolute Gasteiger partial charge is 0.133 e. The van der Waals surface area contributed by atoms with Crippen LogP contribution in [0, 0.1) is 0 Å². The summed E-state index contributed by atoms with van der Waals surface area (Å²) in [5.41, 5.74) is 2.67. The lowest BCUT2D eigenvalue weighted by Gasteiger charge is -2.01. The molecule has 0 amide bonds. The molecule has 0 atom stereocenters. The van der Waals surface area contributed by atoms with Crippen LogP contribution in [0.4, 0.5) is 0 Å². The summed E-state index contributed by atoms with van der Waals surface area (Å²) >= 11 is 1.79. The third-order valence-electron chi connectivity index (χ3n) is 1.58. The van der Waals surface area contributed by atoms with Crippen molar-refractivity contribution in [1.29, 1.82) is 0 Å². The summed E-state index contributed by atoms with van der Waals surface area (Å²) in [5, 5.41) is 0. The molecule has 0 heterocycles. The maximum atomic E-state index is 2.21. The summed E-state index contributed by atoms with van der Waals surface area (Å²) in [6.07, 6.45) is 4.32. The van der Waals surface area contributed by atoms with E-state index >= 15 is 0 Å². The summed E-state index contributed by atoms with van der Waals surface area (Å²) in [7, 11) is 2.12. The van der Waals surface area contributed by atoms with Crippen LogP contribution in [-0.2, 0) is 0 Å². The first-order valence-corrected chi connectivity index (χ1v) is 5.24. The zero-order valence-electron chi connectivity index (χ0n) is 7.79. The van der Waals surface area contributed by atoms with Crippen molar-refractivity contribution in [2.45, 2.75) is 11.8 Å². The fourth-order valence-corrected chi connectivity index (χ4v) is 1.67. The van der Waals surface area contributed by atoms with E-state index in [2.05, 4.69) is 51.4 Å². The molecule has 0 spiro atoms. The van der Waals surface area contributed by atoms with Crippen molar-refractivity contribution in [1.82, 2.24) is 0 Å². The van der Waals surface area contributed by atoms with Crippen LogP contribution in [0.1, 0.15) is 12.5 Å². The zero-order chi connectivity index (χ0) is 8.97. The van der Waals surface area contributed by atoms with Gasteiger partial charge in [0.15, 0.2) is 0 Å². The fourth-order valence-electron chi connectivity index (χ4n) is 1.10. The SMILES string of the molecule is B/C(C)=C\c1ccccc1SC. The second-order valence-electron chi connectivity index (χ2n) is 2.96. The molecule has 1 aromatic rings. The smallest absolute Gasteiger partial charge is 0.129 e. The van der Waals surface area contributed by atoms with E-state index in [1.807, 2.05) is 0 Å². The lowest BCUT2D eigenvalue weighted by atomic mass is 9.95. The minimum atomic E-state index is 1.32. The van der Waals surface area contributed by atoms with Gasteiger partial charge in [0, 0.05) is 4.90 Å². The summed E-state index contributed by atoms with van der Waals surface area (Å²) < 4.78 is 0. The summed E-state index contributed by atoms with van der Waals surface area (Å²) in [6, 6.07) is 8.46. The van der Waals surface area contributed by atoms with E-state index in [0.717, 1.165) is 0 Å². The molecule has 0 aliphatic heterocycles. The van der Waals surface area contributed by atoms with Crippen LogP contribution in [0.5, 0.6) is 0 Å². The normalized spacial score (nSPS) is 11.7. The molecule has 0 aliphatic carbocycles. The van der Waals surface area contributed by atoms with Gasteiger partial charge in [-0.05, 0) is 17.9 Å². The number of thioether (sulfide) groups is 1. The highest BCUT2D eigenvalue weighted by Gasteiger charge is 1.95. The highest BCUT2D eigenvalue weighted by molar-refractivity contribution is 7.98. The maximum absolute atomic E-state index is 2.21. The Balaban J connectivity index is 3.05. The molecule has 1 rings (SSSR count). The Morgan fingerprint density at radius 2 is 2.08 bits per heavy atom. The summed E-state index contributed by atoms with van der Waals surface area (Å²) in [4.78, 5) is 1.35. The molecule has 0 nitrogen and oxygen atoms in total. The van der Waals surface area contributed by atoms with E-state index in [-0.39, 0.29) is 0 Å². The molecule has 0 radical (unpaired) electrons. The molecular formula is C10H13BS. The highest BCUT2D eigenvalue weighted by Crippen LogP contribution is 2.21. The highest BCUT2D eigenvalue weighted by atomic mass is 32.2. The van der Waals surface area contributed by atoms with Gasteiger partial charge < -0.3 is 0 Å². The van der Waals surface area contributed by atoms with Crippen molar-refractivity contribution < 1.29 is 0 Å². The maximum Gasteiger partial charge on any atom is 0.133 e. The van der Waals surface area contributed by atoms with Gasteiger partial charge in [-0.25, -0.2) is 0 Å². The van der Waals surface area contributed by atoms with Gasteiger partial charge in [0.25, 0.3) is 0 Å². The molecule has 12 heavy (non-hydrogen) atoms. The van der Waals surface area contributed by atoms with Gasteiger partial charge in [-0.1, -0.05) is 31.2 Å². The number of allylic oxidation sites excluding steroid dienone is 1. The molecule has 62 valence electrons. The number of hydrogen-bond donors (Lipinski definition) is 0. The van der Waals surface area contributed by atoms with Gasteiger partial charge in [-0.2, -0.15) is 0 Å². The number of benzene rings is 1. The molecule has 0 unspecified atom stereocenters. The van der Waals surface area contributed by atoms with E-state index in [1.54, 1.807) is 11.8 Å². The van der Waals surface area contributed by atoms with Gasteiger partial charge in [-0.3, -0.25) is 0 Å². The molecule has 2 heteroatoms. The molecular weight excluding hydrogens is 163 g/mol. The Morgan fingerprint density at radius 1 is 1.42 bits per heavy atom. The Kier molecular flexibility index (Phi) is 3.48. The Labute approximate surface area is 79.5 Å². The van der Waals surface area contributed by atoms with Gasteiger partial charge >= 0.3 is 0 Å². The monoisotopic (exact) mass is 176 g/mol. The van der Waals surface area contributed by atoms with Gasteiger partial charge in [0.05, 0.1) is 0 Å². The first kappa shape index (κ1) is 9.46. The summed E-state index contributed by atoms with van der Waals surface area (Å²) in [5.74, 6) is 0. The number of hydrogen-bond acceptors (Lipinski definition) is 1. The van der Waals surface area contributed by atoms with Gasteiger partial charge in [-0.15, -0.1) is 17.2 Å². The second kappa shape index (κ2) is 4.41. The standard InChI is InChI=1S/C10H13BS/c1-8(11)7-9-5-3-4-6-10(9)12-2/h3-7H,11H2,1-2H3/b8-7-. The predicted octanol–water partition coefficient (Wildman–Crippen LogP) is 2.40. The van der Waals surface area contributed by atoms with Gasteiger partial charge in [0.2, 0.25) is 0 Å². The summed E-state index contributed by atoms with van der Waals surface area (Å²) in [6.45, 7) is 2.12. The van der Waals surface area contributed by atoms with Crippen molar-refractivity contribution >= 4 is 25.7 Å². The Bertz CT molecular complexity index is 288. The minimum absolute atomic E-state index is 1.32. The van der Waals surface area contributed by atoms with Crippen LogP contribution in [0.3, 0.4) is 0 Å². The predicted molar refractivity (Wildman–Crippen MR) is 60.4 cm³/mol. The average Bonchev–Trinajstić information content (AvgIpc) is 2.04. The molecule has 0 aromatic heterocycles. The van der Waals surface area contributed by atoms with Crippen LogP contribution in [0.25, 0.3) is 6.08 Å². The van der Waals surface area contributed by atoms with Crippen molar-refractivity contribution in [3.05, 3.63) is 35.3 Å². The van der Waals surface area contributed by atoms with E-state index in [4.69, 9.17) is 0 Å². The van der Waals surface area contributed by atoms with Crippen molar-refractivity contribution in [2.24, 2.45) is 0 Å².